The molecule has 1 saturated heterocycles. The van der Waals surface area contributed by atoms with Crippen LogP contribution < -0.4 is 15.1 Å². The maximum Gasteiger partial charge on any atom is 0.290 e. The summed E-state index contributed by atoms with van der Waals surface area (Å²) in [6.07, 6.45) is 1.40. The van der Waals surface area contributed by atoms with Gasteiger partial charge >= 0.3 is 0 Å². The summed E-state index contributed by atoms with van der Waals surface area (Å²) in [7, 11) is 1.42. The zero-order valence-electron chi connectivity index (χ0n) is 13.9. The number of hydrazone groups is 1. The van der Waals surface area contributed by atoms with Crippen molar-refractivity contribution >= 4 is 40.2 Å². The van der Waals surface area contributed by atoms with Crippen LogP contribution in [0, 0.1) is 0 Å². The molecular formula is C16H17ClN4O4S. The molecule has 0 spiro atoms. The molecule has 1 amide bonds. The van der Waals surface area contributed by atoms with Crippen molar-refractivity contribution in [3.63, 3.8) is 0 Å². The molecule has 2 aromatic rings. The molecular weight excluding hydrogens is 380 g/mol. The second kappa shape index (κ2) is 8.35. The van der Waals surface area contributed by atoms with Gasteiger partial charge in [-0.05, 0) is 17.7 Å². The zero-order valence-corrected chi connectivity index (χ0v) is 15.5. The number of anilines is 1. The SMILES string of the molecule is COc1cc(/C=N/NC(=O)c2csc(N3CCOCC3)n2)cc(Cl)c1O. The Morgan fingerprint density at radius 2 is 2.27 bits per heavy atom. The van der Waals surface area contributed by atoms with E-state index in [0.717, 1.165) is 18.2 Å². The van der Waals surface area contributed by atoms with Crippen molar-refractivity contribution < 1.29 is 19.4 Å². The van der Waals surface area contributed by atoms with E-state index in [1.54, 1.807) is 11.4 Å². The second-order valence-electron chi connectivity index (χ2n) is 5.37. The van der Waals surface area contributed by atoms with Crippen LogP contribution in [-0.4, -0.2) is 55.6 Å². The average molecular weight is 397 g/mol. The Morgan fingerprint density at radius 1 is 1.50 bits per heavy atom. The maximum absolute atomic E-state index is 12.2. The Balaban J connectivity index is 1.63. The fourth-order valence-electron chi connectivity index (χ4n) is 2.32. The molecule has 138 valence electrons. The molecule has 1 aliphatic heterocycles. The van der Waals surface area contributed by atoms with Gasteiger partial charge in [0.25, 0.3) is 5.91 Å². The first-order valence-corrected chi connectivity index (χ1v) is 9.02. The van der Waals surface area contributed by atoms with Crippen LogP contribution in [0.1, 0.15) is 16.1 Å². The first-order chi connectivity index (χ1) is 12.6. The first kappa shape index (κ1) is 18.4. The van der Waals surface area contributed by atoms with Crippen molar-refractivity contribution in [3.05, 3.63) is 33.8 Å². The Bertz CT molecular complexity index is 821. The van der Waals surface area contributed by atoms with E-state index in [0.29, 0.717) is 24.5 Å². The van der Waals surface area contributed by atoms with Gasteiger partial charge in [0.15, 0.2) is 16.6 Å². The van der Waals surface area contributed by atoms with Gasteiger partial charge in [0, 0.05) is 18.5 Å². The number of methoxy groups -OCH3 is 1. The third-order valence-corrected chi connectivity index (χ3v) is 4.85. The Kier molecular flexibility index (Phi) is 5.92. The van der Waals surface area contributed by atoms with Gasteiger partial charge in [-0.1, -0.05) is 11.6 Å². The number of nitrogens with one attached hydrogen (secondary N) is 1. The third-order valence-electron chi connectivity index (χ3n) is 3.66. The number of benzene rings is 1. The molecule has 0 radical (unpaired) electrons. The van der Waals surface area contributed by atoms with Crippen molar-refractivity contribution in [2.45, 2.75) is 0 Å². The normalized spacial score (nSPS) is 14.6. The molecule has 1 aliphatic rings. The molecule has 0 atom stereocenters. The van der Waals surface area contributed by atoms with E-state index >= 15 is 0 Å². The monoisotopic (exact) mass is 396 g/mol. The maximum atomic E-state index is 12.2. The number of aromatic nitrogens is 1. The molecule has 2 heterocycles. The van der Waals surface area contributed by atoms with E-state index in [4.69, 9.17) is 21.1 Å². The molecule has 3 rings (SSSR count). The minimum Gasteiger partial charge on any atom is -0.503 e. The van der Waals surface area contributed by atoms with E-state index in [9.17, 15) is 9.90 Å². The van der Waals surface area contributed by atoms with Crippen molar-refractivity contribution in [2.75, 3.05) is 38.3 Å². The lowest BCUT2D eigenvalue weighted by atomic mass is 10.2. The lowest BCUT2D eigenvalue weighted by molar-refractivity contribution is 0.0951. The number of phenols is 1. The van der Waals surface area contributed by atoms with Crippen LogP contribution >= 0.6 is 22.9 Å². The fourth-order valence-corrected chi connectivity index (χ4v) is 3.39. The molecule has 0 bridgehead atoms. The molecule has 2 N–H and O–H groups in total. The third kappa shape index (κ3) is 4.24. The number of phenolic OH excluding ortho intramolecular Hbond substituents is 1. The highest BCUT2D eigenvalue weighted by molar-refractivity contribution is 7.13. The average Bonchev–Trinajstić information content (AvgIpc) is 3.15. The number of amides is 1. The summed E-state index contributed by atoms with van der Waals surface area (Å²) in [5.74, 6) is -0.331. The van der Waals surface area contributed by atoms with Gasteiger partial charge in [0.1, 0.15) is 5.69 Å². The van der Waals surface area contributed by atoms with Gasteiger partial charge in [0.05, 0.1) is 31.6 Å². The standard InChI is InChI=1S/C16H17ClN4O4S/c1-24-13-7-10(6-11(17)14(13)22)8-18-20-15(23)12-9-26-16(19-12)21-2-4-25-5-3-21/h6-9,22H,2-5H2,1H3,(H,20,23)/b18-8+. The molecule has 0 aliphatic carbocycles. The highest BCUT2D eigenvalue weighted by atomic mass is 35.5. The number of hydrogen-bond acceptors (Lipinski definition) is 8. The van der Waals surface area contributed by atoms with E-state index in [1.807, 2.05) is 0 Å². The summed E-state index contributed by atoms with van der Waals surface area (Å²) < 4.78 is 10.3. The van der Waals surface area contributed by atoms with Crippen LogP contribution in [0.2, 0.25) is 5.02 Å². The van der Waals surface area contributed by atoms with E-state index in [-0.39, 0.29) is 16.5 Å². The van der Waals surface area contributed by atoms with E-state index in [2.05, 4.69) is 20.4 Å². The van der Waals surface area contributed by atoms with Crippen molar-refractivity contribution in [1.29, 1.82) is 0 Å². The number of morpholine rings is 1. The van der Waals surface area contributed by atoms with Crippen LogP contribution in [-0.2, 0) is 4.74 Å². The molecule has 0 saturated carbocycles. The number of rotatable bonds is 5. The number of carbonyl (C=O) groups is 1. The highest BCUT2D eigenvalue weighted by Gasteiger charge is 2.17. The summed E-state index contributed by atoms with van der Waals surface area (Å²) in [4.78, 5) is 18.6. The number of hydrogen-bond donors (Lipinski definition) is 2. The zero-order chi connectivity index (χ0) is 18.5. The summed E-state index contributed by atoms with van der Waals surface area (Å²) >= 11 is 7.32. The Hall–Kier alpha value is -2.36. The quantitative estimate of drug-likeness (QED) is 0.593. The predicted molar refractivity (Wildman–Crippen MR) is 99.9 cm³/mol. The van der Waals surface area contributed by atoms with Crippen molar-refractivity contribution in [1.82, 2.24) is 10.4 Å². The molecule has 26 heavy (non-hydrogen) atoms. The van der Waals surface area contributed by atoms with Crippen LogP contribution in [0.25, 0.3) is 0 Å². The molecule has 1 fully saturated rings. The number of thiazole rings is 1. The van der Waals surface area contributed by atoms with Gasteiger partial charge < -0.3 is 19.5 Å². The lowest BCUT2D eigenvalue weighted by Gasteiger charge is -2.25. The van der Waals surface area contributed by atoms with E-state index in [1.165, 1.54) is 30.7 Å². The summed E-state index contributed by atoms with van der Waals surface area (Å²) in [5, 5.41) is 16.2. The fraction of sp³-hybridized carbons (Fsp3) is 0.312. The minimum atomic E-state index is -0.408. The van der Waals surface area contributed by atoms with Crippen molar-refractivity contribution in [3.8, 4) is 11.5 Å². The lowest BCUT2D eigenvalue weighted by Crippen LogP contribution is -2.36. The number of aromatic hydroxyl groups is 1. The predicted octanol–water partition coefficient (Wildman–Crippen LogP) is 2.11. The van der Waals surface area contributed by atoms with Crippen LogP contribution in [0.15, 0.2) is 22.6 Å². The number of ether oxygens (including phenoxy) is 2. The second-order valence-corrected chi connectivity index (χ2v) is 6.61. The molecule has 10 heteroatoms. The Labute approximate surface area is 159 Å². The summed E-state index contributed by atoms with van der Waals surface area (Å²) in [6, 6.07) is 3.06. The number of nitrogens with zero attached hydrogens (tertiary/aromatic N) is 3. The molecule has 1 aromatic carbocycles. The molecule has 1 aromatic heterocycles. The summed E-state index contributed by atoms with van der Waals surface area (Å²) in [5.41, 5.74) is 3.29. The van der Waals surface area contributed by atoms with E-state index < -0.39 is 5.91 Å². The largest absolute Gasteiger partial charge is 0.503 e. The smallest absolute Gasteiger partial charge is 0.290 e. The van der Waals surface area contributed by atoms with Gasteiger partial charge in [-0.2, -0.15) is 5.10 Å². The van der Waals surface area contributed by atoms with Gasteiger partial charge in [-0.3, -0.25) is 4.79 Å². The summed E-state index contributed by atoms with van der Waals surface area (Å²) in [6.45, 7) is 2.83. The molecule has 8 nitrogen and oxygen atoms in total. The van der Waals surface area contributed by atoms with Crippen LogP contribution in [0.4, 0.5) is 5.13 Å². The van der Waals surface area contributed by atoms with Crippen molar-refractivity contribution in [2.24, 2.45) is 5.10 Å². The van der Waals surface area contributed by atoms with Gasteiger partial charge in [-0.15, -0.1) is 11.3 Å². The number of halogens is 1. The topological polar surface area (TPSA) is 96.3 Å². The molecule has 0 unspecified atom stereocenters. The van der Waals surface area contributed by atoms with Crippen LogP contribution in [0.3, 0.4) is 0 Å². The first-order valence-electron chi connectivity index (χ1n) is 7.76. The van der Waals surface area contributed by atoms with Crippen LogP contribution in [0.5, 0.6) is 11.5 Å². The minimum absolute atomic E-state index is 0.131. The number of carbonyl (C=O) groups excluding carboxylic acids is 1. The van der Waals surface area contributed by atoms with Gasteiger partial charge in [-0.25, -0.2) is 10.4 Å². The van der Waals surface area contributed by atoms with Gasteiger partial charge in [0.2, 0.25) is 0 Å². The Morgan fingerprint density at radius 3 is 3.00 bits per heavy atom. The highest BCUT2D eigenvalue weighted by Crippen LogP contribution is 2.34.